The third kappa shape index (κ3) is 5.32. The number of hydrogen-bond donors (Lipinski definition) is 2. The fourth-order valence-corrected chi connectivity index (χ4v) is 3.34. The number of ether oxygens (including phenoxy) is 2. The van der Waals surface area contributed by atoms with Crippen LogP contribution in [0.1, 0.15) is 51.9 Å². The number of hydrogen-bond acceptors (Lipinski definition) is 4. The first-order chi connectivity index (χ1) is 9.67. The summed E-state index contributed by atoms with van der Waals surface area (Å²) in [5, 5.41) is 13.4. The first-order valence-electron chi connectivity index (χ1n) is 8.23. The van der Waals surface area contributed by atoms with Crippen molar-refractivity contribution in [3.63, 3.8) is 0 Å². The molecule has 4 heteroatoms. The summed E-state index contributed by atoms with van der Waals surface area (Å²) in [5.41, 5.74) is 0. The third-order valence-electron chi connectivity index (χ3n) is 4.85. The van der Waals surface area contributed by atoms with Crippen molar-refractivity contribution in [1.82, 2.24) is 5.32 Å². The molecule has 118 valence electrons. The summed E-state index contributed by atoms with van der Waals surface area (Å²) in [6.45, 7) is 3.40. The summed E-state index contributed by atoms with van der Waals surface area (Å²) in [6, 6.07) is 0.491. The van der Waals surface area contributed by atoms with E-state index in [1.807, 2.05) is 0 Å². The molecule has 4 nitrogen and oxygen atoms in total. The highest BCUT2D eigenvalue weighted by atomic mass is 16.5. The van der Waals surface area contributed by atoms with Gasteiger partial charge in [-0.2, -0.15) is 0 Å². The van der Waals surface area contributed by atoms with E-state index in [2.05, 4.69) is 12.2 Å². The molecule has 2 aliphatic rings. The van der Waals surface area contributed by atoms with Crippen LogP contribution in [-0.2, 0) is 9.47 Å². The van der Waals surface area contributed by atoms with Gasteiger partial charge in [0, 0.05) is 19.7 Å². The summed E-state index contributed by atoms with van der Waals surface area (Å²) in [7, 11) is 1.78. The Morgan fingerprint density at radius 2 is 1.80 bits per heavy atom. The molecule has 20 heavy (non-hydrogen) atoms. The van der Waals surface area contributed by atoms with Crippen molar-refractivity contribution >= 4 is 0 Å². The van der Waals surface area contributed by atoms with Crippen LogP contribution in [-0.4, -0.2) is 49.7 Å². The second-order valence-corrected chi connectivity index (χ2v) is 6.64. The molecule has 0 amide bonds. The summed E-state index contributed by atoms with van der Waals surface area (Å²) in [5.74, 6) is 0.845. The molecule has 0 saturated heterocycles. The van der Waals surface area contributed by atoms with Crippen LogP contribution in [0.4, 0.5) is 0 Å². The number of nitrogens with one attached hydrogen (secondary N) is 1. The van der Waals surface area contributed by atoms with Crippen molar-refractivity contribution in [3.8, 4) is 0 Å². The van der Waals surface area contributed by atoms with Gasteiger partial charge in [0.2, 0.25) is 0 Å². The molecule has 0 aliphatic heterocycles. The van der Waals surface area contributed by atoms with Crippen molar-refractivity contribution in [3.05, 3.63) is 0 Å². The first kappa shape index (κ1) is 16.2. The highest BCUT2D eigenvalue weighted by molar-refractivity contribution is 4.81. The van der Waals surface area contributed by atoms with Crippen LogP contribution < -0.4 is 5.32 Å². The molecule has 0 heterocycles. The Labute approximate surface area is 123 Å². The third-order valence-corrected chi connectivity index (χ3v) is 4.85. The van der Waals surface area contributed by atoms with Crippen LogP contribution in [0.15, 0.2) is 0 Å². The number of aliphatic hydroxyl groups is 1. The lowest BCUT2D eigenvalue weighted by atomic mass is 9.89. The van der Waals surface area contributed by atoms with Crippen molar-refractivity contribution in [2.45, 2.75) is 76.2 Å². The van der Waals surface area contributed by atoms with Crippen LogP contribution in [0, 0.1) is 5.92 Å². The lowest BCUT2D eigenvalue weighted by Crippen LogP contribution is -2.37. The maximum Gasteiger partial charge on any atom is 0.0897 e. The molecule has 2 fully saturated rings. The van der Waals surface area contributed by atoms with E-state index >= 15 is 0 Å². The van der Waals surface area contributed by atoms with Crippen molar-refractivity contribution in [1.29, 1.82) is 0 Å². The minimum Gasteiger partial charge on any atom is -0.389 e. The number of aliphatic hydroxyl groups excluding tert-OH is 1. The Morgan fingerprint density at radius 3 is 2.45 bits per heavy atom. The molecule has 2 rings (SSSR count). The van der Waals surface area contributed by atoms with Gasteiger partial charge in [-0.25, -0.2) is 0 Å². The Morgan fingerprint density at radius 1 is 1.10 bits per heavy atom. The van der Waals surface area contributed by atoms with Gasteiger partial charge < -0.3 is 19.9 Å². The van der Waals surface area contributed by atoms with E-state index in [0.29, 0.717) is 31.4 Å². The van der Waals surface area contributed by atoms with Crippen LogP contribution >= 0.6 is 0 Å². The monoisotopic (exact) mass is 285 g/mol. The van der Waals surface area contributed by atoms with Gasteiger partial charge in [0.1, 0.15) is 0 Å². The fraction of sp³-hybridized carbons (Fsp3) is 1.00. The van der Waals surface area contributed by atoms with Crippen molar-refractivity contribution in [2.75, 3.05) is 20.3 Å². The molecule has 0 aromatic heterocycles. The predicted octanol–water partition coefficient (Wildman–Crippen LogP) is 2.10. The van der Waals surface area contributed by atoms with E-state index in [4.69, 9.17) is 9.47 Å². The number of methoxy groups -OCH3 is 1. The van der Waals surface area contributed by atoms with E-state index in [9.17, 15) is 5.11 Å². The van der Waals surface area contributed by atoms with Crippen molar-refractivity contribution < 1.29 is 14.6 Å². The van der Waals surface area contributed by atoms with Crippen molar-refractivity contribution in [2.24, 2.45) is 5.92 Å². The van der Waals surface area contributed by atoms with Gasteiger partial charge in [-0.05, 0) is 50.9 Å². The molecule has 0 spiro atoms. The average Bonchev–Trinajstić information content (AvgIpc) is 2.92. The van der Waals surface area contributed by atoms with Crippen LogP contribution in [0.5, 0.6) is 0 Å². The van der Waals surface area contributed by atoms with Gasteiger partial charge in [-0.1, -0.05) is 6.92 Å². The minimum absolute atomic E-state index is 0.366. The second kappa shape index (κ2) is 8.32. The molecule has 2 N–H and O–H groups in total. The number of rotatable bonds is 7. The standard InChI is InChI=1S/C16H31NO3/c1-12-3-6-15(7-4-12)20-11-14(18)10-17-13-5-8-16(9-13)19-2/h12-18H,3-11H2,1-2H3. The Hall–Kier alpha value is -0.160. The normalized spacial score (nSPS) is 36.1. The minimum atomic E-state index is -0.393. The quantitative estimate of drug-likeness (QED) is 0.752. The van der Waals surface area contributed by atoms with Gasteiger partial charge in [-0.3, -0.25) is 0 Å². The molecule has 0 bridgehead atoms. The lowest BCUT2D eigenvalue weighted by molar-refractivity contribution is -0.0284. The molecule has 3 atom stereocenters. The van der Waals surface area contributed by atoms with Crippen LogP contribution in [0.25, 0.3) is 0 Å². The molecule has 2 saturated carbocycles. The SMILES string of the molecule is COC1CCC(NCC(O)COC2CCC(C)CC2)C1. The van der Waals surface area contributed by atoms with E-state index in [1.54, 1.807) is 7.11 Å². The molecular weight excluding hydrogens is 254 g/mol. The largest absolute Gasteiger partial charge is 0.389 e. The molecular formula is C16H31NO3. The molecule has 0 radical (unpaired) electrons. The zero-order valence-corrected chi connectivity index (χ0v) is 13.0. The van der Waals surface area contributed by atoms with E-state index in [0.717, 1.165) is 38.0 Å². The zero-order chi connectivity index (χ0) is 14.4. The highest BCUT2D eigenvalue weighted by Crippen LogP contribution is 2.25. The molecule has 3 unspecified atom stereocenters. The zero-order valence-electron chi connectivity index (χ0n) is 13.0. The van der Waals surface area contributed by atoms with Crippen LogP contribution in [0.3, 0.4) is 0 Å². The smallest absolute Gasteiger partial charge is 0.0897 e. The van der Waals surface area contributed by atoms with Gasteiger partial charge in [0.05, 0.1) is 24.9 Å². The van der Waals surface area contributed by atoms with Gasteiger partial charge >= 0.3 is 0 Å². The van der Waals surface area contributed by atoms with E-state index in [1.165, 1.54) is 12.8 Å². The topological polar surface area (TPSA) is 50.7 Å². The Kier molecular flexibility index (Phi) is 6.75. The lowest BCUT2D eigenvalue weighted by Gasteiger charge is -2.27. The van der Waals surface area contributed by atoms with Gasteiger partial charge in [0.15, 0.2) is 0 Å². The van der Waals surface area contributed by atoms with Crippen LogP contribution in [0.2, 0.25) is 0 Å². The fourth-order valence-electron chi connectivity index (χ4n) is 3.34. The summed E-state index contributed by atoms with van der Waals surface area (Å²) in [6.07, 6.45) is 8.53. The summed E-state index contributed by atoms with van der Waals surface area (Å²) < 4.78 is 11.2. The van der Waals surface area contributed by atoms with E-state index < -0.39 is 6.10 Å². The maximum absolute atomic E-state index is 10.00. The Balaban J connectivity index is 1.53. The maximum atomic E-state index is 10.00. The first-order valence-corrected chi connectivity index (χ1v) is 8.23. The summed E-state index contributed by atoms with van der Waals surface area (Å²) in [4.78, 5) is 0. The highest BCUT2D eigenvalue weighted by Gasteiger charge is 2.25. The van der Waals surface area contributed by atoms with E-state index in [-0.39, 0.29) is 0 Å². The average molecular weight is 285 g/mol. The molecule has 0 aromatic rings. The second-order valence-electron chi connectivity index (χ2n) is 6.64. The molecule has 0 aromatic carbocycles. The predicted molar refractivity (Wildman–Crippen MR) is 79.8 cm³/mol. The van der Waals surface area contributed by atoms with Gasteiger partial charge in [0.25, 0.3) is 0 Å². The van der Waals surface area contributed by atoms with Gasteiger partial charge in [-0.15, -0.1) is 0 Å². The Bertz CT molecular complexity index is 260. The summed E-state index contributed by atoms with van der Waals surface area (Å²) >= 11 is 0. The molecule has 2 aliphatic carbocycles.